The predicted octanol–water partition coefficient (Wildman–Crippen LogP) is 1.92. The van der Waals surface area contributed by atoms with E-state index in [4.69, 9.17) is 9.47 Å². The number of carbonyl (C=O) groups is 3. The minimum Gasteiger partial charge on any atom is -0.460 e. The monoisotopic (exact) mass is 424 g/mol. The van der Waals surface area contributed by atoms with Gasteiger partial charge in [-0.15, -0.1) is 0 Å². The van der Waals surface area contributed by atoms with Crippen molar-refractivity contribution in [2.45, 2.75) is 26.3 Å². The highest BCUT2D eigenvalue weighted by Gasteiger charge is 2.48. The lowest BCUT2D eigenvalue weighted by Crippen LogP contribution is -2.31. The summed E-state index contributed by atoms with van der Waals surface area (Å²) in [5.41, 5.74) is 1.49. The first kappa shape index (κ1) is 20.9. The van der Waals surface area contributed by atoms with Gasteiger partial charge in [0.25, 0.3) is 0 Å². The second-order valence-electron chi connectivity index (χ2n) is 7.58. The van der Waals surface area contributed by atoms with E-state index in [0.717, 1.165) is 5.56 Å². The molecule has 0 spiro atoms. The SMILES string of the molecule is Cc1ccc(C(=O)OCCOCCn2cncn2)cc1N1C(=O)C2CC=CCC2C1=O. The van der Waals surface area contributed by atoms with Gasteiger partial charge in [0, 0.05) is 0 Å². The van der Waals surface area contributed by atoms with Crippen molar-refractivity contribution < 1.29 is 23.9 Å². The van der Waals surface area contributed by atoms with E-state index in [1.807, 2.05) is 19.1 Å². The number of carbonyl (C=O) groups excluding carboxylic acids is 3. The van der Waals surface area contributed by atoms with Crippen molar-refractivity contribution in [3.8, 4) is 0 Å². The molecular weight excluding hydrogens is 400 g/mol. The minimum atomic E-state index is -0.528. The molecule has 1 aliphatic heterocycles. The van der Waals surface area contributed by atoms with Crippen LogP contribution in [0.4, 0.5) is 5.69 Å². The highest BCUT2D eigenvalue weighted by molar-refractivity contribution is 6.22. The van der Waals surface area contributed by atoms with Gasteiger partial charge >= 0.3 is 5.97 Å². The number of aromatic nitrogens is 3. The fraction of sp³-hybridized carbons (Fsp3) is 0.409. The summed E-state index contributed by atoms with van der Waals surface area (Å²) in [5, 5.41) is 3.97. The number of fused-ring (bicyclic) bond motifs is 1. The third-order valence-corrected chi connectivity index (χ3v) is 5.59. The van der Waals surface area contributed by atoms with Crippen molar-refractivity contribution >= 4 is 23.5 Å². The van der Waals surface area contributed by atoms with E-state index < -0.39 is 5.97 Å². The van der Waals surface area contributed by atoms with Gasteiger partial charge in [0.05, 0.1) is 42.8 Å². The molecule has 4 rings (SSSR count). The second-order valence-corrected chi connectivity index (χ2v) is 7.58. The molecule has 1 saturated heterocycles. The van der Waals surface area contributed by atoms with Gasteiger partial charge < -0.3 is 9.47 Å². The van der Waals surface area contributed by atoms with E-state index in [9.17, 15) is 14.4 Å². The predicted molar refractivity (Wildman–Crippen MR) is 110 cm³/mol. The lowest BCUT2D eigenvalue weighted by molar-refractivity contribution is -0.122. The highest BCUT2D eigenvalue weighted by Crippen LogP contribution is 2.38. The Morgan fingerprint density at radius 3 is 2.52 bits per heavy atom. The van der Waals surface area contributed by atoms with Crippen LogP contribution in [0.3, 0.4) is 0 Å². The number of amides is 2. The van der Waals surface area contributed by atoms with Crippen molar-refractivity contribution in [1.82, 2.24) is 14.8 Å². The maximum atomic E-state index is 12.9. The van der Waals surface area contributed by atoms with Crippen LogP contribution >= 0.6 is 0 Å². The lowest BCUT2D eigenvalue weighted by atomic mass is 9.85. The minimum absolute atomic E-state index is 0.0940. The molecule has 9 nitrogen and oxygen atoms in total. The number of aryl methyl sites for hydroxylation is 1. The fourth-order valence-electron chi connectivity index (χ4n) is 3.90. The third kappa shape index (κ3) is 4.41. The molecule has 31 heavy (non-hydrogen) atoms. The van der Waals surface area contributed by atoms with E-state index in [1.165, 1.54) is 11.2 Å². The Morgan fingerprint density at radius 2 is 1.84 bits per heavy atom. The molecule has 1 aromatic carbocycles. The van der Waals surface area contributed by atoms with Crippen LogP contribution in [0.1, 0.15) is 28.8 Å². The zero-order valence-corrected chi connectivity index (χ0v) is 17.3. The van der Waals surface area contributed by atoms with Crippen LogP contribution in [-0.4, -0.2) is 52.4 Å². The molecular formula is C22H24N4O5. The second kappa shape index (κ2) is 9.22. The van der Waals surface area contributed by atoms with Crippen LogP contribution in [0.5, 0.6) is 0 Å². The molecule has 2 aromatic rings. The van der Waals surface area contributed by atoms with Gasteiger partial charge in [0.2, 0.25) is 11.8 Å². The van der Waals surface area contributed by atoms with Crippen molar-refractivity contribution in [3.63, 3.8) is 0 Å². The van der Waals surface area contributed by atoms with Crippen LogP contribution in [-0.2, 0) is 25.6 Å². The smallest absolute Gasteiger partial charge is 0.338 e. The van der Waals surface area contributed by atoms with E-state index in [1.54, 1.807) is 29.2 Å². The lowest BCUT2D eigenvalue weighted by Gasteiger charge is -2.18. The normalized spacial score (nSPS) is 20.2. The van der Waals surface area contributed by atoms with Gasteiger partial charge in [0.15, 0.2) is 0 Å². The fourth-order valence-corrected chi connectivity index (χ4v) is 3.90. The van der Waals surface area contributed by atoms with Crippen molar-refractivity contribution in [3.05, 3.63) is 54.1 Å². The summed E-state index contributed by atoms with van der Waals surface area (Å²) in [6.07, 6.45) is 8.09. The number of rotatable bonds is 8. The molecule has 0 bridgehead atoms. The average molecular weight is 424 g/mol. The summed E-state index contributed by atoms with van der Waals surface area (Å²) in [5.74, 6) is -1.56. The van der Waals surface area contributed by atoms with Gasteiger partial charge in [0.1, 0.15) is 19.3 Å². The number of esters is 1. The van der Waals surface area contributed by atoms with Crippen molar-refractivity contribution in [2.75, 3.05) is 24.7 Å². The summed E-state index contributed by atoms with van der Waals surface area (Å²) in [6.45, 7) is 3.14. The van der Waals surface area contributed by atoms with Gasteiger partial charge in [-0.05, 0) is 37.5 Å². The molecule has 1 aromatic heterocycles. The molecule has 2 atom stereocenters. The summed E-state index contributed by atoms with van der Waals surface area (Å²) in [7, 11) is 0. The first-order valence-electron chi connectivity index (χ1n) is 10.3. The Labute approximate surface area is 179 Å². The number of allylic oxidation sites excluding steroid dienone is 2. The van der Waals surface area contributed by atoms with Crippen molar-refractivity contribution in [2.24, 2.45) is 11.8 Å². The van der Waals surface area contributed by atoms with Crippen LogP contribution in [0.2, 0.25) is 0 Å². The molecule has 2 unspecified atom stereocenters. The summed E-state index contributed by atoms with van der Waals surface area (Å²) in [4.78, 5) is 43.3. The zero-order chi connectivity index (χ0) is 21.8. The number of ether oxygens (including phenoxy) is 2. The first-order chi connectivity index (χ1) is 15.1. The molecule has 1 aliphatic carbocycles. The average Bonchev–Trinajstić information content (AvgIpc) is 3.38. The number of hydrogen-bond acceptors (Lipinski definition) is 7. The maximum Gasteiger partial charge on any atom is 0.338 e. The Kier molecular flexibility index (Phi) is 6.22. The molecule has 0 N–H and O–H groups in total. The summed E-state index contributed by atoms with van der Waals surface area (Å²) in [6, 6.07) is 4.91. The number of imide groups is 1. The zero-order valence-electron chi connectivity index (χ0n) is 17.3. The van der Waals surface area contributed by atoms with E-state index in [0.29, 0.717) is 31.7 Å². The Bertz CT molecular complexity index is 975. The molecule has 2 aliphatic rings. The Hall–Kier alpha value is -3.33. The summed E-state index contributed by atoms with van der Waals surface area (Å²) >= 11 is 0. The number of hydrogen-bond donors (Lipinski definition) is 0. The first-order valence-corrected chi connectivity index (χ1v) is 10.3. The highest BCUT2D eigenvalue weighted by atomic mass is 16.6. The molecule has 2 amide bonds. The Balaban J connectivity index is 1.34. The molecule has 9 heteroatoms. The van der Waals surface area contributed by atoms with E-state index in [-0.39, 0.29) is 42.4 Å². The standard InChI is InChI=1S/C22H24N4O5/c1-15-6-7-16(22(29)31-11-10-30-9-8-25-14-23-13-24-25)12-19(15)26-20(27)17-4-2-3-5-18(17)21(26)28/h2-3,6-7,12-14,17-18H,4-5,8-11H2,1H3. The van der Waals surface area contributed by atoms with Crippen LogP contribution in [0.15, 0.2) is 43.0 Å². The Morgan fingerprint density at radius 1 is 1.10 bits per heavy atom. The largest absolute Gasteiger partial charge is 0.460 e. The van der Waals surface area contributed by atoms with Crippen LogP contribution < -0.4 is 4.90 Å². The van der Waals surface area contributed by atoms with Crippen molar-refractivity contribution in [1.29, 1.82) is 0 Å². The number of anilines is 1. The topological polar surface area (TPSA) is 104 Å². The molecule has 2 heterocycles. The molecule has 162 valence electrons. The quantitative estimate of drug-likeness (QED) is 0.276. The van der Waals surface area contributed by atoms with Crippen LogP contribution in [0.25, 0.3) is 0 Å². The molecule has 1 fully saturated rings. The maximum absolute atomic E-state index is 12.9. The van der Waals surface area contributed by atoms with Gasteiger partial charge in [-0.1, -0.05) is 18.2 Å². The van der Waals surface area contributed by atoms with Crippen LogP contribution in [0, 0.1) is 18.8 Å². The van der Waals surface area contributed by atoms with E-state index in [2.05, 4.69) is 10.1 Å². The van der Waals surface area contributed by atoms with E-state index >= 15 is 0 Å². The number of nitrogens with zero attached hydrogens (tertiary/aromatic N) is 4. The van der Waals surface area contributed by atoms with Gasteiger partial charge in [-0.2, -0.15) is 5.10 Å². The molecule has 0 saturated carbocycles. The molecule has 0 radical (unpaired) electrons. The number of benzene rings is 1. The van der Waals surface area contributed by atoms with Gasteiger partial charge in [-0.25, -0.2) is 14.7 Å². The summed E-state index contributed by atoms with van der Waals surface area (Å²) < 4.78 is 12.4. The van der Waals surface area contributed by atoms with Gasteiger partial charge in [-0.3, -0.25) is 14.3 Å². The third-order valence-electron chi connectivity index (χ3n) is 5.59.